The fourth-order valence-corrected chi connectivity index (χ4v) is 2.24. The molecule has 0 spiro atoms. The van der Waals surface area contributed by atoms with Gasteiger partial charge in [-0.15, -0.1) is 12.4 Å². The van der Waals surface area contributed by atoms with Crippen LogP contribution in [-0.2, 0) is 0 Å². The van der Waals surface area contributed by atoms with Crippen molar-refractivity contribution in [2.45, 2.75) is 18.9 Å². The number of rotatable bonds is 3. The Bertz CT molecular complexity index is 477. The molecule has 1 aromatic heterocycles. The minimum atomic E-state index is 0. The lowest BCUT2D eigenvalue weighted by Gasteiger charge is -2.13. The first-order valence-corrected chi connectivity index (χ1v) is 5.86. The molecule has 3 rings (SSSR count). The summed E-state index contributed by atoms with van der Waals surface area (Å²) in [4.78, 5) is 5.80. The van der Waals surface area contributed by atoms with E-state index >= 15 is 0 Å². The molecule has 1 saturated heterocycles. The van der Waals surface area contributed by atoms with E-state index in [1.54, 1.807) is 0 Å². The summed E-state index contributed by atoms with van der Waals surface area (Å²) in [7, 11) is 0. The van der Waals surface area contributed by atoms with Crippen LogP contribution in [0.3, 0.4) is 0 Å². The minimum absolute atomic E-state index is 0. The Morgan fingerprint density at radius 2 is 2.18 bits per heavy atom. The summed E-state index contributed by atoms with van der Waals surface area (Å²) in [5.41, 5.74) is 1.14. The lowest BCUT2D eigenvalue weighted by atomic mass is 10.2. The van der Waals surface area contributed by atoms with Crippen molar-refractivity contribution in [2.75, 3.05) is 13.2 Å². The fraction of sp³-hybridized carbons (Fsp3) is 0.385. The summed E-state index contributed by atoms with van der Waals surface area (Å²) in [6.07, 6.45) is 4.47. The first-order valence-electron chi connectivity index (χ1n) is 5.86. The average molecular weight is 253 g/mol. The molecule has 1 aliphatic heterocycles. The predicted octanol–water partition coefficient (Wildman–Crippen LogP) is 2.24. The van der Waals surface area contributed by atoms with Crippen molar-refractivity contribution >= 4 is 23.3 Å². The smallest absolute Gasteiger partial charge is 0.130 e. The molecule has 3 nitrogen and oxygen atoms in total. The van der Waals surface area contributed by atoms with Crippen LogP contribution in [0.1, 0.15) is 12.8 Å². The van der Waals surface area contributed by atoms with E-state index in [4.69, 9.17) is 4.84 Å². The number of benzene rings is 1. The Kier molecular flexibility index (Phi) is 3.92. The standard InChI is InChI=1S/C13H16N2O.ClH/c1-2-6-13-11(4-1)7-9-15(13)16-10-12-5-3-8-14-12;/h1-2,4,6-7,9,12,14H,3,5,8,10H2;1H/t12-;/m0./s1. The maximum absolute atomic E-state index is 5.80. The molecule has 1 N–H and O–H groups in total. The quantitative estimate of drug-likeness (QED) is 0.907. The predicted molar refractivity (Wildman–Crippen MR) is 71.7 cm³/mol. The van der Waals surface area contributed by atoms with Gasteiger partial charge in [-0.05, 0) is 31.5 Å². The van der Waals surface area contributed by atoms with E-state index in [1.165, 1.54) is 18.2 Å². The third-order valence-corrected chi connectivity index (χ3v) is 3.14. The van der Waals surface area contributed by atoms with E-state index in [9.17, 15) is 0 Å². The number of halogens is 1. The molecule has 2 heterocycles. The zero-order valence-corrected chi connectivity index (χ0v) is 10.5. The number of fused-ring (bicyclic) bond motifs is 1. The normalized spacial score (nSPS) is 19.2. The molecule has 1 fully saturated rings. The van der Waals surface area contributed by atoms with Crippen molar-refractivity contribution in [2.24, 2.45) is 0 Å². The molecule has 1 aliphatic rings. The van der Waals surface area contributed by atoms with Gasteiger partial charge in [0.05, 0.1) is 5.52 Å². The van der Waals surface area contributed by atoms with Gasteiger partial charge < -0.3 is 10.2 Å². The van der Waals surface area contributed by atoms with Crippen molar-refractivity contribution in [1.82, 2.24) is 10.0 Å². The van der Waals surface area contributed by atoms with Gasteiger partial charge in [0.1, 0.15) is 6.61 Å². The molecule has 1 aromatic carbocycles. The second kappa shape index (κ2) is 5.43. The lowest BCUT2D eigenvalue weighted by molar-refractivity contribution is 0.104. The van der Waals surface area contributed by atoms with Crippen LogP contribution in [0.25, 0.3) is 10.9 Å². The molecule has 0 saturated carbocycles. The zero-order chi connectivity index (χ0) is 10.8. The largest absolute Gasteiger partial charge is 0.412 e. The van der Waals surface area contributed by atoms with Crippen LogP contribution in [0.4, 0.5) is 0 Å². The summed E-state index contributed by atoms with van der Waals surface area (Å²) in [5, 5.41) is 4.65. The molecule has 4 heteroatoms. The van der Waals surface area contributed by atoms with E-state index in [0.717, 1.165) is 18.7 Å². The minimum Gasteiger partial charge on any atom is -0.412 e. The summed E-state index contributed by atoms with van der Waals surface area (Å²) in [5.74, 6) is 0. The topological polar surface area (TPSA) is 26.2 Å². The van der Waals surface area contributed by atoms with Crippen molar-refractivity contribution in [1.29, 1.82) is 0 Å². The van der Waals surface area contributed by atoms with Gasteiger partial charge in [-0.1, -0.05) is 18.2 Å². The lowest BCUT2D eigenvalue weighted by Crippen LogP contribution is -2.31. The molecule has 0 bridgehead atoms. The number of hydrogen-bond donors (Lipinski definition) is 1. The first-order chi connectivity index (χ1) is 7.93. The van der Waals surface area contributed by atoms with Gasteiger partial charge in [0, 0.05) is 17.6 Å². The van der Waals surface area contributed by atoms with E-state index in [-0.39, 0.29) is 12.4 Å². The van der Waals surface area contributed by atoms with Gasteiger partial charge in [-0.3, -0.25) is 0 Å². The Hall–Kier alpha value is -1.19. The van der Waals surface area contributed by atoms with E-state index < -0.39 is 0 Å². The van der Waals surface area contributed by atoms with Gasteiger partial charge >= 0.3 is 0 Å². The van der Waals surface area contributed by atoms with Crippen LogP contribution < -0.4 is 10.2 Å². The molecule has 1 atom stereocenters. The van der Waals surface area contributed by atoms with E-state index in [2.05, 4.69) is 23.5 Å². The second-order valence-corrected chi connectivity index (χ2v) is 4.29. The molecule has 17 heavy (non-hydrogen) atoms. The highest BCUT2D eigenvalue weighted by Crippen LogP contribution is 2.14. The van der Waals surface area contributed by atoms with Crippen LogP contribution in [0.15, 0.2) is 36.5 Å². The first kappa shape index (κ1) is 12.3. The summed E-state index contributed by atoms with van der Waals surface area (Å²) >= 11 is 0. The van der Waals surface area contributed by atoms with Gasteiger partial charge in [0.25, 0.3) is 0 Å². The molecular weight excluding hydrogens is 236 g/mol. The fourth-order valence-electron chi connectivity index (χ4n) is 2.24. The SMILES string of the molecule is Cl.c1ccc2c(c1)ccn2OC[C@@H]1CCCN1. The second-order valence-electron chi connectivity index (χ2n) is 4.29. The van der Waals surface area contributed by atoms with Crippen molar-refractivity contribution in [3.63, 3.8) is 0 Å². The monoisotopic (exact) mass is 252 g/mol. The molecule has 0 radical (unpaired) electrons. The van der Waals surface area contributed by atoms with Gasteiger partial charge in [0.2, 0.25) is 0 Å². The number of aromatic nitrogens is 1. The van der Waals surface area contributed by atoms with E-state index in [1.807, 2.05) is 23.1 Å². The van der Waals surface area contributed by atoms with Crippen LogP contribution in [0, 0.1) is 0 Å². The van der Waals surface area contributed by atoms with Crippen molar-refractivity contribution in [3.8, 4) is 0 Å². The maximum Gasteiger partial charge on any atom is 0.130 e. The van der Waals surface area contributed by atoms with Gasteiger partial charge in [-0.25, -0.2) is 0 Å². The summed E-state index contributed by atoms with van der Waals surface area (Å²) < 4.78 is 1.87. The molecule has 2 aromatic rings. The highest BCUT2D eigenvalue weighted by molar-refractivity contribution is 5.85. The number of nitrogens with one attached hydrogen (secondary N) is 1. The van der Waals surface area contributed by atoms with Crippen LogP contribution in [-0.4, -0.2) is 23.9 Å². The highest BCUT2D eigenvalue weighted by Gasteiger charge is 2.14. The Balaban J connectivity index is 0.00000108. The molecule has 0 amide bonds. The molecular formula is C13H17ClN2O. The number of nitrogens with zero attached hydrogens (tertiary/aromatic N) is 1. The van der Waals surface area contributed by atoms with E-state index in [0.29, 0.717) is 6.04 Å². The summed E-state index contributed by atoms with van der Waals surface area (Å²) in [6.45, 7) is 1.87. The zero-order valence-electron chi connectivity index (χ0n) is 9.63. The molecule has 92 valence electrons. The van der Waals surface area contributed by atoms with Crippen LogP contribution in [0.5, 0.6) is 0 Å². The number of para-hydroxylation sites is 1. The average Bonchev–Trinajstić information content (AvgIpc) is 2.96. The van der Waals surface area contributed by atoms with Gasteiger partial charge in [0.15, 0.2) is 0 Å². The van der Waals surface area contributed by atoms with Crippen LogP contribution in [0.2, 0.25) is 0 Å². The maximum atomic E-state index is 5.80. The van der Waals surface area contributed by atoms with Crippen molar-refractivity contribution < 1.29 is 4.84 Å². The van der Waals surface area contributed by atoms with Crippen LogP contribution >= 0.6 is 12.4 Å². The third kappa shape index (κ3) is 2.56. The molecule has 0 unspecified atom stereocenters. The Labute approximate surface area is 107 Å². The molecule has 0 aliphatic carbocycles. The summed E-state index contributed by atoms with van der Waals surface area (Å²) in [6, 6.07) is 10.9. The van der Waals surface area contributed by atoms with Crippen molar-refractivity contribution in [3.05, 3.63) is 36.5 Å². The van der Waals surface area contributed by atoms with Gasteiger partial charge in [-0.2, -0.15) is 4.73 Å². The Morgan fingerprint density at radius 3 is 3.00 bits per heavy atom. The highest BCUT2D eigenvalue weighted by atomic mass is 35.5. The Morgan fingerprint density at radius 1 is 1.29 bits per heavy atom. The third-order valence-electron chi connectivity index (χ3n) is 3.14. The number of hydrogen-bond acceptors (Lipinski definition) is 2.